The van der Waals surface area contributed by atoms with Crippen molar-refractivity contribution in [2.24, 2.45) is 0 Å². The number of fused-ring (bicyclic) bond motifs is 1. The van der Waals surface area contributed by atoms with Crippen LogP contribution in [0.25, 0.3) is 0 Å². The average molecular weight is 592 g/mol. The highest BCUT2D eigenvalue weighted by Gasteiger charge is 2.30. The Balaban J connectivity index is 1.57. The van der Waals surface area contributed by atoms with E-state index in [4.69, 9.17) is 14.2 Å². The van der Waals surface area contributed by atoms with Crippen molar-refractivity contribution in [3.8, 4) is 17.2 Å². The number of ether oxygens (including phenoxy) is 3. The molecule has 7 heteroatoms. The summed E-state index contributed by atoms with van der Waals surface area (Å²) in [6.45, 7) is 5.98. The van der Waals surface area contributed by atoms with Gasteiger partial charge in [0, 0.05) is 12.5 Å². The molecule has 1 aliphatic carbocycles. The van der Waals surface area contributed by atoms with Gasteiger partial charge in [0.2, 0.25) is 0 Å². The zero-order valence-corrected chi connectivity index (χ0v) is 22.3. The maximum absolute atomic E-state index is 13.2. The van der Waals surface area contributed by atoms with E-state index in [1.807, 2.05) is 24.3 Å². The maximum atomic E-state index is 13.2. The van der Waals surface area contributed by atoms with Crippen LogP contribution < -0.4 is 9.47 Å². The molecule has 1 atom stereocenters. The van der Waals surface area contributed by atoms with Gasteiger partial charge in [-0.2, -0.15) is 0 Å². The van der Waals surface area contributed by atoms with Gasteiger partial charge in [-0.15, -0.1) is 0 Å². The summed E-state index contributed by atoms with van der Waals surface area (Å²) in [5, 5.41) is 0. The molecular weight excluding hydrogens is 567 g/mol. The Labute approximate surface area is 215 Å². The van der Waals surface area contributed by atoms with Crippen molar-refractivity contribution in [2.75, 3.05) is 0 Å². The fraction of sp³-hybridized carbons (Fsp3) is 0.296. The summed E-state index contributed by atoms with van der Waals surface area (Å²) in [5.41, 5.74) is 4.00. The number of hydrogen-bond acceptors (Lipinski definition) is 4. The molecule has 0 saturated heterocycles. The number of halogens is 3. The molecule has 0 bridgehead atoms. The molecule has 0 heterocycles. The fourth-order valence-corrected chi connectivity index (χ4v) is 5.59. The van der Waals surface area contributed by atoms with Crippen molar-refractivity contribution in [2.45, 2.75) is 52.2 Å². The lowest BCUT2D eigenvalue weighted by Gasteiger charge is -2.18. The first-order valence-corrected chi connectivity index (χ1v) is 12.7. The number of carbonyl (C=O) groups is 1. The molecule has 34 heavy (non-hydrogen) atoms. The van der Waals surface area contributed by atoms with E-state index < -0.39 is 0 Å². The second kappa shape index (κ2) is 10.5. The third kappa shape index (κ3) is 5.47. The van der Waals surface area contributed by atoms with Gasteiger partial charge in [0.25, 0.3) is 0 Å². The Bertz CT molecular complexity index is 1210. The van der Waals surface area contributed by atoms with Gasteiger partial charge in [-0.05, 0) is 104 Å². The summed E-state index contributed by atoms with van der Waals surface area (Å²) < 4.78 is 32.6. The Morgan fingerprint density at radius 3 is 2.53 bits per heavy atom. The first-order valence-electron chi connectivity index (χ1n) is 11.1. The van der Waals surface area contributed by atoms with Gasteiger partial charge < -0.3 is 14.2 Å². The second-order valence-corrected chi connectivity index (χ2v) is 10.2. The average Bonchev–Trinajstić information content (AvgIpc) is 3.18. The molecule has 0 spiro atoms. The third-order valence-corrected chi connectivity index (χ3v) is 7.18. The molecule has 4 rings (SSSR count). The Kier molecular flexibility index (Phi) is 7.63. The number of carbonyl (C=O) groups excluding carboxylic acids is 1. The molecule has 0 fully saturated rings. The number of rotatable bonds is 7. The number of esters is 1. The predicted octanol–water partition coefficient (Wildman–Crippen LogP) is 8.40. The van der Waals surface area contributed by atoms with Crippen molar-refractivity contribution < 1.29 is 23.4 Å². The summed E-state index contributed by atoms with van der Waals surface area (Å²) >= 11 is 7.33. The van der Waals surface area contributed by atoms with Crippen LogP contribution in [0.4, 0.5) is 4.39 Å². The van der Waals surface area contributed by atoms with Gasteiger partial charge in [-0.3, -0.25) is 4.79 Å². The minimum atomic E-state index is -0.284. The third-order valence-electron chi connectivity index (χ3n) is 5.75. The lowest BCUT2D eigenvalue weighted by Crippen LogP contribution is -2.05. The number of benzene rings is 3. The van der Waals surface area contributed by atoms with Crippen molar-refractivity contribution >= 4 is 37.8 Å². The molecule has 1 unspecified atom stereocenters. The van der Waals surface area contributed by atoms with Crippen molar-refractivity contribution in [1.29, 1.82) is 0 Å². The molecule has 0 saturated carbocycles. The lowest BCUT2D eigenvalue weighted by atomic mass is 10.0. The quantitative estimate of drug-likeness (QED) is 0.259. The summed E-state index contributed by atoms with van der Waals surface area (Å²) in [5.74, 6) is 1.80. The highest BCUT2D eigenvalue weighted by Crippen LogP contribution is 2.47. The largest absolute Gasteiger partial charge is 0.489 e. The minimum Gasteiger partial charge on any atom is -0.489 e. The van der Waals surface area contributed by atoms with Crippen LogP contribution in [0.15, 0.2) is 57.5 Å². The lowest BCUT2D eigenvalue weighted by molar-refractivity contribution is -0.146. The van der Waals surface area contributed by atoms with Crippen LogP contribution in [-0.4, -0.2) is 5.97 Å². The van der Waals surface area contributed by atoms with E-state index in [0.29, 0.717) is 18.1 Å². The molecule has 3 aromatic carbocycles. The molecule has 0 radical (unpaired) electrons. The SMILES string of the molecule is CC(=O)OC1CCc2c1cc(Br)c(Oc1ccc(OCc3ccc(F)cc3)c(C(C)C)c1)c2Br. The molecular formula is C27H25Br2FO4. The maximum Gasteiger partial charge on any atom is 0.303 e. The van der Waals surface area contributed by atoms with Crippen LogP contribution in [0.5, 0.6) is 17.2 Å². The molecule has 0 aliphatic heterocycles. The van der Waals surface area contributed by atoms with Gasteiger partial charge >= 0.3 is 5.97 Å². The standard InChI is InChI=1S/C27H25Br2FO4/c1-15(2)21-12-19(8-10-24(21)32-14-17-4-6-18(30)7-5-17)34-27-23(28)13-22-20(26(27)29)9-11-25(22)33-16(3)31/h4-8,10,12-13,15,25H,9,11,14H2,1-3H3. The summed E-state index contributed by atoms with van der Waals surface area (Å²) in [4.78, 5) is 11.4. The topological polar surface area (TPSA) is 44.8 Å². The van der Waals surface area contributed by atoms with Gasteiger partial charge in [0.05, 0.1) is 8.95 Å². The normalized spacial score (nSPS) is 14.7. The van der Waals surface area contributed by atoms with Crippen molar-refractivity contribution in [1.82, 2.24) is 0 Å². The van der Waals surface area contributed by atoms with Gasteiger partial charge in [-0.25, -0.2) is 4.39 Å². The van der Waals surface area contributed by atoms with Gasteiger partial charge in [-0.1, -0.05) is 26.0 Å². The second-order valence-electron chi connectivity index (χ2n) is 8.58. The van der Waals surface area contributed by atoms with Gasteiger partial charge in [0.1, 0.15) is 30.0 Å². The Hall–Kier alpha value is -2.38. The van der Waals surface area contributed by atoms with E-state index in [2.05, 4.69) is 45.7 Å². The van der Waals surface area contributed by atoms with Gasteiger partial charge in [0.15, 0.2) is 5.75 Å². The van der Waals surface area contributed by atoms with Crippen LogP contribution in [-0.2, 0) is 22.6 Å². The van der Waals surface area contributed by atoms with E-state index in [1.54, 1.807) is 12.1 Å². The molecule has 0 aromatic heterocycles. The Morgan fingerprint density at radius 2 is 1.85 bits per heavy atom. The first kappa shape index (κ1) is 24.7. The molecule has 0 amide bonds. The zero-order valence-electron chi connectivity index (χ0n) is 19.2. The van der Waals surface area contributed by atoms with Crippen LogP contribution in [0, 0.1) is 5.82 Å². The highest BCUT2D eigenvalue weighted by molar-refractivity contribution is 9.11. The number of hydrogen-bond donors (Lipinski definition) is 0. The zero-order chi connectivity index (χ0) is 24.4. The van der Waals surface area contributed by atoms with Crippen LogP contribution in [0.1, 0.15) is 61.5 Å². The molecule has 3 aromatic rings. The smallest absolute Gasteiger partial charge is 0.303 e. The van der Waals surface area contributed by atoms with Crippen molar-refractivity contribution in [3.05, 3.63) is 85.5 Å². The molecule has 178 valence electrons. The van der Waals surface area contributed by atoms with Crippen LogP contribution in [0.3, 0.4) is 0 Å². The first-order chi connectivity index (χ1) is 16.2. The summed E-state index contributed by atoms with van der Waals surface area (Å²) in [7, 11) is 0. The summed E-state index contributed by atoms with van der Waals surface area (Å²) in [6, 6.07) is 14.0. The van der Waals surface area contributed by atoms with Crippen LogP contribution in [0.2, 0.25) is 0 Å². The molecule has 0 N–H and O–H groups in total. The van der Waals surface area contributed by atoms with E-state index >= 15 is 0 Å². The Morgan fingerprint density at radius 1 is 1.12 bits per heavy atom. The molecule has 1 aliphatic rings. The minimum absolute atomic E-state index is 0.211. The van der Waals surface area contributed by atoms with Crippen LogP contribution >= 0.6 is 31.9 Å². The summed E-state index contributed by atoms with van der Waals surface area (Å²) in [6.07, 6.45) is 1.31. The fourth-order valence-electron chi connectivity index (χ4n) is 4.08. The predicted molar refractivity (Wildman–Crippen MR) is 136 cm³/mol. The van der Waals surface area contributed by atoms with E-state index in [9.17, 15) is 9.18 Å². The van der Waals surface area contributed by atoms with E-state index in [1.165, 1.54) is 19.1 Å². The highest BCUT2D eigenvalue weighted by atomic mass is 79.9. The van der Waals surface area contributed by atoms with E-state index in [-0.39, 0.29) is 23.8 Å². The van der Waals surface area contributed by atoms with E-state index in [0.717, 1.165) is 49.8 Å². The molecule has 4 nitrogen and oxygen atoms in total. The monoisotopic (exact) mass is 590 g/mol. The van der Waals surface area contributed by atoms with Crippen molar-refractivity contribution in [3.63, 3.8) is 0 Å².